The monoisotopic (exact) mass is 280 g/mol. The number of rotatable bonds is 5. The summed E-state index contributed by atoms with van der Waals surface area (Å²) in [5.41, 5.74) is 0.931. The van der Waals surface area contributed by atoms with Crippen LogP contribution >= 0.6 is 0 Å². The molecule has 2 rings (SSSR count). The van der Waals surface area contributed by atoms with Crippen LogP contribution in [0.4, 0.5) is 0 Å². The SMILES string of the molecule is COCC1CN(Cc2cccnc2OC)CC(C)(C)O1. The van der Waals surface area contributed by atoms with Gasteiger partial charge >= 0.3 is 0 Å². The zero-order valence-electron chi connectivity index (χ0n) is 12.8. The molecule has 0 aromatic carbocycles. The standard InChI is InChI=1S/C15H24N2O3/c1-15(2)11-17(9-13(20-15)10-18-3)8-12-6-5-7-16-14(12)19-4/h5-7,13H,8-11H2,1-4H3. The molecule has 112 valence electrons. The highest BCUT2D eigenvalue weighted by molar-refractivity contribution is 5.25. The van der Waals surface area contributed by atoms with Crippen LogP contribution in [0.15, 0.2) is 18.3 Å². The first-order chi connectivity index (χ1) is 9.54. The molecule has 0 N–H and O–H groups in total. The average molecular weight is 280 g/mol. The Morgan fingerprint density at radius 3 is 2.95 bits per heavy atom. The van der Waals surface area contributed by atoms with E-state index in [1.165, 1.54) is 0 Å². The molecule has 0 radical (unpaired) electrons. The molecule has 1 saturated heterocycles. The van der Waals surface area contributed by atoms with E-state index in [1.54, 1.807) is 20.4 Å². The van der Waals surface area contributed by atoms with E-state index in [0.29, 0.717) is 12.5 Å². The van der Waals surface area contributed by atoms with Crippen LogP contribution in [0.25, 0.3) is 0 Å². The van der Waals surface area contributed by atoms with Gasteiger partial charge in [-0.05, 0) is 19.9 Å². The summed E-state index contributed by atoms with van der Waals surface area (Å²) in [5.74, 6) is 0.695. The molecular formula is C15H24N2O3. The van der Waals surface area contributed by atoms with Gasteiger partial charge in [-0.15, -0.1) is 0 Å². The van der Waals surface area contributed by atoms with E-state index in [0.717, 1.165) is 25.2 Å². The first kappa shape index (κ1) is 15.2. The van der Waals surface area contributed by atoms with Crippen LogP contribution < -0.4 is 4.74 Å². The number of pyridine rings is 1. The second-order valence-corrected chi connectivity index (χ2v) is 5.80. The van der Waals surface area contributed by atoms with E-state index < -0.39 is 0 Å². The Morgan fingerprint density at radius 1 is 1.45 bits per heavy atom. The lowest BCUT2D eigenvalue weighted by molar-refractivity contribution is -0.154. The maximum atomic E-state index is 6.03. The van der Waals surface area contributed by atoms with Crippen LogP contribution in [-0.2, 0) is 16.0 Å². The number of morpholine rings is 1. The zero-order valence-corrected chi connectivity index (χ0v) is 12.8. The van der Waals surface area contributed by atoms with Crippen molar-refractivity contribution in [1.82, 2.24) is 9.88 Å². The van der Waals surface area contributed by atoms with Crippen molar-refractivity contribution >= 4 is 0 Å². The molecule has 1 aromatic heterocycles. The Morgan fingerprint density at radius 2 is 2.25 bits per heavy atom. The van der Waals surface area contributed by atoms with E-state index in [2.05, 4.69) is 29.8 Å². The van der Waals surface area contributed by atoms with Crippen LogP contribution in [0.1, 0.15) is 19.4 Å². The Bertz CT molecular complexity index is 437. The quantitative estimate of drug-likeness (QED) is 0.821. The molecule has 1 atom stereocenters. The Balaban J connectivity index is 2.07. The largest absolute Gasteiger partial charge is 0.481 e. The van der Waals surface area contributed by atoms with Gasteiger partial charge in [0, 0.05) is 38.5 Å². The topological polar surface area (TPSA) is 43.8 Å². The van der Waals surface area contributed by atoms with Crippen molar-refractivity contribution < 1.29 is 14.2 Å². The normalized spacial score (nSPS) is 22.7. The Labute approximate surface area is 120 Å². The minimum absolute atomic E-state index is 0.103. The Kier molecular flexibility index (Phi) is 4.96. The van der Waals surface area contributed by atoms with E-state index >= 15 is 0 Å². The van der Waals surface area contributed by atoms with Gasteiger partial charge in [0.1, 0.15) is 0 Å². The highest BCUT2D eigenvalue weighted by Gasteiger charge is 2.33. The fourth-order valence-electron chi connectivity index (χ4n) is 2.78. The lowest BCUT2D eigenvalue weighted by Crippen LogP contribution is -2.53. The van der Waals surface area contributed by atoms with Crippen molar-refractivity contribution in [2.75, 3.05) is 33.9 Å². The maximum Gasteiger partial charge on any atom is 0.217 e. The molecule has 5 heteroatoms. The van der Waals surface area contributed by atoms with Gasteiger partial charge in [-0.25, -0.2) is 4.98 Å². The number of hydrogen-bond acceptors (Lipinski definition) is 5. The minimum atomic E-state index is -0.170. The summed E-state index contributed by atoms with van der Waals surface area (Å²) in [7, 11) is 3.36. The molecule has 1 aromatic rings. The smallest absolute Gasteiger partial charge is 0.217 e. The molecule has 5 nitrogen and oxygen atoms in total. The summed E-state index contributed by atoms with van der Waals surface area (Å²) in [6.07, 6.45) is 1.85. The van der Waals surface area contributed by atoms with E-state index in [1.807, 2.05) is 6.07 Å². The third-order valence-corrected chi connectivity index (χ3v) is 3.34. The predicted octanol–water partition coefficient (Wildman–Crippen LogP) is 1.72. The maximum absolute atomic E-state index is 6.03. The molecule has 1 fully saturated rings. The molecule has 1 aliphatic rings. The highest BCUT2D eigenvalue weighted by Crippen LogP contribution is 2.24. The third-order valence-electron chi connectivity index (χ3n) is 3.34. The van der Waals surface area contributed by atoms with Crippen LogP contribution in [0.5, 0.6) is 5.88 Å². The molecule has 0 aliphatic carbocycles. The number of aromatic nitrogens is 1. The van der Waals surface area contributed by atoms with Crippen LogP contribution in [0.2, 0.25) is 0 Å². The fraction of sp³-hybridized carbons (Fsp3) is 0.667. The third kappa shape index (κ3) is 3.91. The van der Waals surface area contributed by atoms with Gasteiger partial charge in [0.25, 0.3) is 0 Å². The minimum Gasteiger partial charge on any atom is -0.481 e. The lowest BCUT2D eigenvalue weighted by atomic mass is 10.0. The number of methoxy groups -OCH3 is 2. The molecule has 0 spiro atoms. The highest BCUT2D eigenvalue weighted by atomic mass is 16.5. The van der Waals surface area contributed by atoms with Crippen LogP contribution in [0.3, 0.4) is 0 Å². The first-order valence-electron chi connectivity index (χ1n) is 6.91. The van der Waals surface area contributed by atoms with E-state index in [9.17, 15) is 0 Å². The predicted molar refractivity (Wildman–Crippen MR) is 76.9 cm³/mol. The number of ether oxygens (including phenoxy) is 3. The summed E-state index contributed by atoms with van der Waals surface area (Å²) < 4.78 is 16.6. The molecule has 0 amide bonds. The molecule has 0 saturated carbocycles. The molecule has 1 unspecified atom stereocenters. The van der Waals surface area contributed by atoms with Crippen molar-refractivity contribution in [3.8, 4) is 5.88 Å². The Hall–Kier alpha value is -1.17. The average Bonchev–Trinajstić information content (AvgIpc) is 2.38. The molecule has 0 bridgehead atoms. The second-order valence-electron chi connectivity index (χ2n) is 5.80. The van der Waals surface area contributed by atoms with Crippen LogP contribution in [0, 0.1) is 0 Å². The van der Waals surface area contributed by atoms with Crippen molar-refractivity contribution in [3.05, 3.63) is 23.9 Å². The summed E-state index contributed by atoms with van der Waals surface area (Å²) >= 11 is 0. The van der Waals surface area contributed by atoms with Gasteiger partial charge in [0.05, 0.1) is 25.4 Å². The van der Waals surface area contributed by atoms with Gasteiger partial charge in [0.2, 0.25) is 5.88 Å². The number of hydrogen-bond donors (Lipinski definition) is 0. The van der Waals surface area contributed by atoms with Gasteiger partial charge in [-0.3, -0.25) is 4.90 Å². The summed E-state index contributed by atoms with van der Waals surface area (Å²) in [4.78, 5) is 6.62. The number of nitrogens with zero attached hydrogens (tertiary/aromatic N) is 2. The van der Waals surface area contributed by atoms with Crippen molar-refractivity contribution in [2.24, 2.45) is 0 Å². The molecule has 1 aliphatic heterocycles. The zero-order chi connectivity index (χ0) is 14.6. The van der Waals surface area contributed by atoms with Gasteiger partial charge < -0.3 is 14.2 Å². The van der Waals surface area contributed by atoms with Gasteiger partial charge in [-0.1, -0.05) is 6.07 Å². The van der Waals surface area contributed by atoms with Crippen LogP contribution in [-0.4, -0.2) is 55.5 Å². The summed E-state index contributed by atoms with van der Waals surface area (Å²) in [6.45, 7) is 7.39. The lowest BCUT2D eigenvalue weighted by Gasteiger charge is -2.42. The molecule has 20 heavy (non-hydrogen) atoms. The second kappa shape index (κ2) is 6.52. The van der Waals surface area contributed by atoms with Gasteiger partial charge in [0.15, 0.2) is 0 Å². The molecular weight excluding hydrogens is 256 g/mol. The van der Waals surface area contributed by atoms with Crippen molar-refractivity contribution in [1.29, 1.82) is 0 Å². The molecule has 2 heterocycles. The van der Waals surface area contributed by atoms with E-state index in [-0.39, 0.29) is 11.7 Å². The first-order valence-corrected chi connectivity index (χ1v) is 6.91. The van der Waals surface area contributed by atoms with Crippen molar-refractivity contribution in [2.45, 2.75) is 32.1 Å². The fourth-order valence-corrected chi connectivity index (χ4v) is 2.78. The van der Waals surface area contributed by atoms with Gasteiger partial charge in [-0.2, -0.15) is 0 Å². The van der Waals surface area contributed by atoms with Crippen molar-refractivity contribution in [3.63, 3.8) is 0 Å². The van der Waals surface area contributed by atoms with E-state index in [4.69, 9.17) is 14.2 Å². The summed E-state index contributed by atoms with van der Waals surface area (Å²) in [6, 6.07) is 4.00. The summed E-state index contributed by atoms with van der Waals surface area (Å²) in [5, 5.41) is 0.